The lowest BCUT2D eigenvalue weighted by molar-refractivity contribution is -0.118. The Labute approximate surface area is 187 Å². The third-order valence-electron chi connectivity index (χ3n) is 5.22. The normalized spacial score (nSPS) is 13.8. The maximum absolute atomic E-state index is 12.9. The minimum Gasteiger partial charge on any atom is -0.378 e. The summed E-state index contributed by atoms with van der Waals surface area (Å²) in [5.41, 5.74) is 2.73. The molecule has 3 aromatic rings. The van der Waals surface area contributed by atoms with Gasteiger partial charge >= 0.3 is 0 Å². The molecule has 0 aliphatic carbocycles. The Morgan fingerprint density at radius 2 is 1.62 bits per heavy atom. The van der Waals surface area contributed by atoms with Gasteiger partial charge in [-0.15, -0.1) is 0 Å². The molecule has 2 aromatic carbocycles. The van der Waals surface area contributed by atoms with Crippen LogP contribution in [-0.2, 0) is 9.53 Å². The van der Waals surface area contributed by atoms with E-state index in [1.807, 2.05) is 68.4 Å². The van der Waals surface area contributed by atoms with E-state index in [1.54, 1.807) is 10.7 Å². The summed E-state index contributed by atoms with van der Waals surface area (Å²) in [6, 6.07) is 18.7. The summed E-state index contributed by atoms with van der Waals surface area (Å²) in [4.78, 5) is 27.4. The number of nitrogens with zero attached hydrogens (tertiary/aromatic N) is 3. The second-order valence-corrected chi connectivity index (χ2v) is 7.91. The Kier molecular flexibility index (Phi) is 6.51. The Hall–Kier alpha value is -3.65. The molecular weight excluding hydrogens is 406 g/mol. The van der Waals surface area contributed by atoms with Crippen molar-refractivity contribution in [1.29, 1.82) is 0 Å². The standard InChI is InChI=1S/C24H27N5O3/c1-17(2)23(30)26-22-16-21(27-29(22)20-6-4-3-5-7-20)24(31)25-18-8-10-19(11-9-18)28-12-14-32-15-13-28/h3-11,16-17H,12-15H2,1-2H3,(H,25,31)(H,26,30). The number of aromatic nitrogens is 2. The summed E-state index contributed by atoms with van der Waals surface area (Å²) in [7, 11) is 0. The Bertz CT molecular complexity index is 1070. The number of benzene rings is 2. The smallest absolute Gasteiger partial charge is 0.276 e. The van der Waals surface area contributed by atoms with E-state index in [0.717, 1.165) is 37.7 Å². The molecule has 1 aliphatic rings. The monoisotopic (exact) mass is 433 g/mol. The van der Waals surface area contributed by atoms with E-state index in [1.165, 1.54) is 0 Å². The Balaban J connectivity index is 1.52. The van der Waals surface area contributed by atoms with Gasteiger partial charge in [-0.2, -0.15) is 5.10 Å². The average Bonchev–Trinajstić information content (AvgIpc) is 3.24. The van der Waals surface area contributed by atoms with Crippen molar-refractivity contribution >= 4 is 29.0 Å². The molecule has 1 saturated heterocycles. The number of hydrogen-bond donors (Lipinski definition) is 2. The molecule has 2 amide bonds. The van der Waals surface area contributed by atoms with Crippen LogP contribution >= 0.6 is 0 Å². The molecule has 8 heteroatoms. The highest BCUT2D eigenvalue weighted by atomic mass is 16.5. The van der Waals surface area contributed by atoms with Crippen LogP contribution in [0.25, 0.3) is 5.69 Å². The van der Waals surface area contributed by atoms with Crippen LogP contribution in [0.5, 0.6) is 0 Å². The number of ether oxygens (including phenoxy) is 1. The average molecular weight is 434 g/mol. The number of para-hydroxylation sites is 1. The fourth-order valence-electron chi connectivity index (χ4n) is 3.39. The second-order valence-electron chi connectivity index (χ2n) is 7.91. The van der Waals surface area contributed by atoms with Gasteiger partial charge in [0.25, 0.3) is 5.91 Å². The third kappa shape index (κ3) is 4.97. The topological polar surface area (TPSA) is 88.5 Å². The fraction of sp³-hybridized carbons (Fsp3) is 0.292. The summed E-state index contributed by atoms with van der Waals surface area (Å²) in [6.07, 6.45) is 0. The first-order valence-corrected chi connectivity index (χ1v) is 10.7. The zero-order chi connectivity index (χ0) is 22.5. The van der Waals surface area contributed by atoms with Crippen molar-refractivity contribution in [3.05, 3.63) is 66.4 Å². The summed E-state index contributed by atoms with van der Waals surface area (Å²) in [5.74, 6) is -0.245. The molecule has 4 rings (SSSR count). The van der Waals surface area contributed by atoms with Crippen LogP contribution in [0.2, 0.25) is 0 Å². The lowest BCUT2D eigenvalue weighted by atomic mass is 10.2. The molecule has 0 saturated carbocycles. The molecule has 166 valence electrons. The lowest BCUT2D eigenvalue weighted by Crippen LogP contribution is -2.36. The van der Waals surface area contributed by atoms with Gasteiger partial charge in [-0.1, -0.05) is 32.0 Å². The van der Waals surface area contributed by atoms with Crippen LogP contribution in [0.4, 0.5) is 17.2 Å². The molecule has 0 bridgehead atoms. The van der Waals surface area contributed by atoms with Crippen molar-refractivity contribution in [3.8, 4) is 5.69 Å². The number of nitrogens with one attached hydrogen (secondary N) is 2. The van der Waals surface area contributed by atoms with Gasteiger partial charge in [0.2, 0.25) is 5.91 Å². The van der Waals surface area contributed by atoms with Crippen molar-refractivity contribution < 1.29 is 14.3 Å². The van der Waals surface area contributed by atoms with Crippen LogP contribution < -0.4 is 15.5 Å². The van der Waals surface area contributed by atoms with Crippen LogP contribution in [0.15, 0.2) is 60.7 Å². The van der Waals surface area contributed by atoms with Gasteiger partial charge in [0, 0.05) is 36.4 Å². The van der Waals surface area contributed by atoms with Crippen molar-refractivity contribution in [2.24, 2.45) is 5.92 Å². The third-order valence-corrected chi connectivity index (χ3v) is 5.22. The van der Waals surface area contributed by atoms with E-state index >= 15 is 0 Å². The van der Waals surface area contributed by atoms with E-state index in [0.29, 0.717) is 11.5 Å². The predicted octanol–water partition coefficient (Wildman–Crippen LogP) is 3.56. The van der Waals surface area contributed by atoms with Crippen molar-refractivity contribution in [2.75, 3.05) is 41.8 Å². The molecular formula is C24H27N5O3. The quantitative estimate of drug-likeness (QED) is 0.621. The molecule has 32 heavy (non-hydrogen) atoms. The minimum absolute atomic E-state index is 0.146. The molecule has 0 spiro atoms. The van der Waals surface area contributed by atoms with Gasteiger partial charge in [-0.3, -0.25) is 9.59 Å². The van der Waals surface area contributed by atoms with E-state index < -0.39 is 0 Å². The molecule has 0 unspecified atom stereocenters. The molecule has 1 fully saturated rings. The molecule has 2 heterocycles. The summed E-state index contributed by atoms with van der Waals surface area (Å²) >= 11 is 0. The van der Waals surface area contributed by atoms with Crippen LogP contribution in [-0.4, -0.2) is 47.9 Å². The van der Waals surface area contributed by atoms with E-state index in [2.05, 4.69) is 20.6 Å². The summed E-state index contributed by atoms with van der Waals surface area (Å²) in [5, 5.41) is 10.2. The van der Waals surface area contributed by atoms with Crippen LogP contribution in [0.3, 0.4) is 0 Å². The number of amides is 2. The molecule has 8 nitrogen and oxygen atoms in total. The number of morpholine rings is 1. The van der Waals surface area contributed by atoms with Crippen LogP contribution in [0, 0.1) is 5.92 Å². The first-order valence-electron chi connectivity index (χ1n) is 10.7. The largest absolute Gasteiger partial charge is 0.378 e. The highest BCUT2D eigenvalue weighted by molar-refractivity contribution is 6.04. The molecule has 0 radical (unpaired) electrons. The van der Waals surface area contributed by atoms with Gasteiger partial charge in [-0.05, 0) is 36.4 Å². The number of hydrogen-bond acceptors (Lipinski definition) is 5. The maximum atomic E-state index is 12.9. The number of rotatable bonds is 6. The minimum atomic E-state index is -0.348. The zero-order valence-electron chi connectivity index (χ0n) is 18.2. The van der Waals surface area contributed by atoms with Gasteiger partial charge in [-0.25, -0.2) is 4.68 Å². The van der Waals surface area contributed by atoms with Gasteiger partial charge < -0.3 is 20.3 Å². The van der Waals surface area contributed by atoms with Gasteiger partial charge in [0.05, 0.1) is 18.9 Å². The zero-order valence-corrected chi connectivity index (χ0v) is 18.2. The van der Waals surface area contributed by atoms with E-state index in [9.17, 15) is 9.59 Å². The number of carbonyl (C=O) groups excluding carboxylic acids is 2. The Morgan fingerprint density at radius 1 is 0.938 bits per heavy atom. The van der Waals surface area contributed by atoms with Crippen LogP contribution in [0.1, 0.15) is 24.3 Å². The van der Waals surface area contributed by atoms with Gasteiger partial charge in [0.1, 0.15) is 5.82 Å². The molecule has 0 atom stereocenters. The molecule has 2 N–H and O–H groups in total. The first-order chi connectivity index (χ1) is 15.5. The SMILES string of the molecule is CC(C)C(=O)Nc1cc(C(=O)Nc2ccc(N3CCOCC3)cc2)nn1-c1ccccc1. The molecule has 1 aromatic heterocycles. The summed E-state index contributed by atoms with van der Waals surface area (Å²) in [6.45, 7) is 6.77. The second kappa shape index (κ2) is 9.65. The number of carbonyl (C=O) groups is 2. The molecule has 1 aliphatic heterocycles. The van der Waals surface area contributed by atoms with Crippen molar-refractivity contribution in [2.45, 2.75) is 13.8 Å². The first kappa shape index (κ1) is 21.6. The van der Waals surface area contributed by atoms with Gasteiger partial charge in [0.15, 0.2) is 5.69 Å². The summed E-state index contributed by atoms with van der Waals surface area (Å²) < 4.78 is 6.96. The van der Waals surface area contributed by atoms with Crippen molar-refractivity contribution in [3.63, 3.8) is 0 Å². The lowest BCUT2D eigenvalue weighted by Gasteiger charge is -2.28. The van der Waals surface area contributed by atoms with Crippen molar-refractivity contribution in [1.82, 2.24) is 9.78 Å². The van der Waals surface area contributed by atoms with E-state index in [-0.39, 0.29) is 23.4 Å². The highest BCUT2D eigenvalue weighted by Gasteiger charge is 2.19. The van der Waals surface area contributed by atoms with E-state index in [4.69, 9.17) is 4.74 Å². The Morgan fingerprint density at radius 3 is 2.28 bits per heavy atom. The maximum Gasteiger partial charge on any atom is 0.276 e. The highest BCUT2D eigenvalue weighted by Crippen LogP contribution is 2.21. The number of anilines is 3. The predicted molar refractivity (Wildman–Crippen MR) is 124 cm³/mol. The fourth-order valence-corrected chi connectivity index (χ4v) is 3.39.